The number of halogens is 1. The van der Waals surface area contributed by atoms with Gasteiger partial charge in [0.15, 0.2) is 5.82 Å². The maximum Gasteiger partial charge on any atom is 0.410 e. The topological polar surface area (TPSA) is 81.6 Å². The van der Waals surface area contributed by atoms with Crippen molar-refractivity contribution in [2.45, 2.75) is 45.3 Å². The molecule has 1 atom stereocenters. The Kier molecular flexibility index (Phi) is 3.98. The minimum absolute atomic E-state index is 0.0662. The molecule has 4 N–H and O–H groups in total. The molecule has 1 aromatic carbocycles. The van der Waals surface area contributed by atoms with Crippen LogP contribution in [0, 0.1) is 5.82 Å². The van der Waals surface area contributed by atoms with Crippen molar-refractivity contribution in [3.05, 3.63) is 23.5 Å². The Morgan fingerprint density at radius 3 is 2.67 bits per heavy atom. The van der Waals surface area contributed by atoms with Gasteiger partial charge in [0.25, 0.3) is 0 Å². The normalized spacial score (nSPS) is 18.9. The van der Waals surface area contributed by atoms with Crippen molar-refractivity contribution in [1.82, 2.24) is 4.90 Å². The molecule has 0 bridgehead atoms. The Bertz CT molecular complexity index is 555. The number of amides is 1. The summed E-state index contributed by atoms with van der Waals surface area (Å²) in [6, 6.07) is 2.80. The van der Waals surface area contributed by atoms with Crippen molar-refractivity contribution in [2.75, 3.05) is 18.0 Å². The van der Waals surface area contributed by atoms with Crippen LogP contribution < -0.4 is 11.5 Å². The van der Waals surface area contributed by atoms with E-state index >= 15 is 0 Å². The highest BCUT2D eigenvalue weighted by atomic mass is 19.1. The zero-order valence-electron chi connectivity index (χ0n) is 12.6. The number of hydrogen-bond acceptors (Lipinski definition) is 4. The van der Waals surface area contributed by atoms with Gasteiger partial charge in [-0.2, -0.15) is 0 Å². The Balaban J connectivity index is 2.27. The second-order valence-corrected chi connectivity index (χ2v) is 6.30. The van der Waals surface area contributed by atoms with E-state index in [1.165, 1.54) is 0 Å². The van der Waals surface area contributed by atoms with Gasteiger partial charge in [-0.1, -0.05) is 6.07 Å². The highest BCUT2D eigenvalue weighted by Gasteiger charge is 2.35. The van der Waals surface area contributed by atoms with E-state index in [1.54, 1.807) is 37.8 Å². The Morgan fingerprint density at radius 2 is 2.05 bits per heavy atom. The molecular formula is C15H22FN3O2. The average Bonchev–Trinajstić information content (AvgIpc) is 2.83. The predicted octanol–water partition coefficient (Wildman–Crippen LogP) is 3.06. The molecule has 1 fully saturated rings. The first kappa shape index (κ1) is 15.4. The number of nitrogen functional groups attached to an aromatic ring is 2. The first-order valence-corrected chi connectivity index (χ1v) is 7.03. The van der Waals surface area contributed by atoms with Crippen LogP contribution in [0.4, 0.5) is 20.6 Å². The van der Waals surface area contributed by atoms with E-state index in [-0.39, 0.29) is 17.4 Å². The van der Waals surface area contributed by atoms with Crippen molar-refractivity contribution in [2.24, 2.45) is 0 Å². The lowest BCUT2D eigenvalue weighted by atomic mass is 10.0. The molecule has 1 heterocycles. The van der Waals surface area contributed by atoms with Crippen LogP contribution in [0.3, 0.4) is 0 Å². The standard InChI is InChI=1S/C15H22FN3O2/c1-15(2,3)21-14(20)19-8-4-5-11(19)9-6-7-10(17)13(18)12(9)16/h6-7,11H,4-5,8,17-18H2,1-3H3. The fraction of sp³-hybridized carbons (Fsp3) is 0.533. The van der Waals surface area contributed by atoms with Crippen molar-refractivity contribution >= 4 is 17.5 Å². The number of benzene rings is 1. The Hall–Kier alpha value is -1.98. The zero-order valence-corrected chi connectivity index (χ0v) is 12.6. The zero-order chi connectivity index (χ0) is 15.8. The van der Waals surface area contributed by atoms with Crippen LogP contribution in [0.5, 0.6) is 0 Å². The Labute approximate surface area is 124 Å². The predicted molar refractivity (Wildman–Crippen MR) is 80.1 cm³/mol. The first-order chi connectivity index (χ1) is 9.70. The fourth-order valence-electron chi connectivity index (χ4n) is 2.51. The van der Waals surface area contributed by atoms with Crippen LogP contribution in [0.2, 0.25) is 0 Å². The van der Waals surface area contributed by atoms with E-state index < -0.39 is 17.5 Å². The van der Waals surface area contributed by atoms with Gasteiger partial charge in [0, 0.05) is 12.1 Å². The molecule has 1 aromatic rings. The van der Waals surface area contributed by atoms with Gasteiger partial charge in [0.1, 0.15) is 5.60 Å². The third kappa shape index (κ3) is 3.20. The van der Waals surface area contributed by atoms with Crippen molar-refractivity contribution in [3.63, 3.8) is 0 Å². The van der Waals surface area contributed by atoms with Crippen molar-refractivity contribution in [3.8, 4) is 0 Å². The number of carbonyl (C=O) groups excluding carboxylic acids is 1. The van der Waals surface area contributed by atoms with Gasteiger partial charge < -0.3 is 21.1 Å². The summed E-state index contributed by atoms with van der Waals surface area (Å²) in [7, 11) is 0. The van der Waals surface area contributed by atoms with Crippen LogP contribution in [0.1, 0.15) is 45.2 Å². The molecule has 0 radical (unpaired) electrons. The number of nitrogens with zero attached hydrogens (tertiary/aromatic N) is 1. The molecule has 0 aliphatic carbocycles. The minimum Gasteiger partial charge on any atom is -0.444 e. The van der Waals surface area contributed by atoms with E-state index in [1.807, 2.05) is 0 Å². The number of rotatable bonds is 1. The summed E-state index contributed by atoms with van der Waals surface area (Å²) in [6.45, 7) is 5.95. The molecular weight excluding hydrogens is 273 g/mol. The molecule has 1 aliphatic rings. The third-order valence-electron chi connectivity index (χ3n) is 3.48. The maximum absolute atomic E-state index is 14.3. The van der Waals surface area contributed by atoms with Gasteiger partial charge in [0.05, 0.1) is 17.4 Å². The highest BCUT2D eigenvalue weighted by molar-refractivity contribution is 5.70. The summed E-state index contributed by atoms with van der Waals surface area (Å²) in [5, 5.41) is 0. The summed E-state index contributed by atoms with van der Waals surface area (Å²) in [6.07, 6.45) is 1.05. The summed E-state index contributed by atoms with van der Waals surface area (Å²) < 4.78 is 19.7. The van der Waals surface area contributed by atoms with Crippen LogP contribution in [0.15, 0.2) is 12.1 Å². The highest BCUT2D eigenvalue weighted by Crippen LogP contribution is 2.37. The largest absolute Gasteiger partial charge is 0.444 e. The first-order valence-electron chi connectivity index (χ1n) is 7.03. The van der Waals surface area contributed by atoms with E-state index in [0.717, 1.165) is 6.42 Å². The van der Waals surface area contributed by atoms with E-state index in [9.17, 15) is 9.18 Å². The number of nitrogens with two attached hydrogens (primary N) is 2. The number of anilines is 2. The number of carbonyl (C=O) groups is 1. The molecule has 1 amide bonds. The molecule has 1 saturated heterocycles. The van der Waals surface area contributed by atoms with Gasteiger partial charge >= 0.3 is 6.09 Å². The lowest BCUT2D eigenvalue weighted by Gasteiger charge is -2.29. The van der Waals surface area contributed by atoms with Gasteiger partial charge in [-0.3, -0.25) is 0 Å². The van der Waals surface area contributed by atoms with E-state index in [0.29, 0.717) is 18.5 Å². The summed E-state index contributed by atoms with van der Waals surface area (Å²) >= 11 is 0. The number of ether oxygens (including phenoxy) is 1. The van der Waals surface area contributed by atoms with Gasteiger partial charge in [-0.15, -0.1) is 0 Å². The van der Waals surface area contributed by atoms with Gasteiger partial charge in [0.2, 0.25) is 0 Å². The smallest absolute Gasteiger partial charge is 0.410 e. The van der Waals surface area contributed by atoms with Crippen molar-refractivity contribution in [1.29, 1.82) is 0 Å². The second-order valence-electron chi connectivity index (χ2n) is 6.30. The fourth-order valence-corrected chi connectivity index (χ4v) is 2.51. The van der Waals surface area contributed by atoms with Crippen molar-refractivity contribution < 1.29 is 13.9 Å². The van der Waals surface area contributed by atoms with E-state index in [4.69, 9.17) is 16.2 Å². The molecule has 2 rings (SSSR count). The van der Waals surface area contributed by atoms with Gasteiger partial charge in [-0.25, -0.2) is 9.18 Å². The van der Waals surface area contributed by atoms with E-state index in [2.05, 4.69) is 0 Å². The molecule has 6 heteroatoms. The molecule has 1 unspecified atom stereocenters. The van der Waals surface area contributed by atoms with Crippen LogP contribution >= 0.6 is 0 Å². The Morgan fingerprint density at radius 1 is 1.38 bits per heavy atom. The molecule has 116 valence electrons. The third-order valence-corrected chi connectivity index (χ3v) is 3.48. The van der Waals surface area contributed by atoms with Crippen LogP contribution in [-0.4, -0.2) is 23.1 Å². The molecule has 0 aromatic heterocycles. The summed E-state index contributed by atoms with van der Waals surface area (Å²) in [5.41, 5.74) is 11.2. The second kappa shape index (κ2) is 5.42. The molecule has 0 spiro atoms. The lowest BCUT2D eigenvalue weighted by molar-refractivity contribution is 0.0222. The van der Waals surface area contributed by atoms with Crippen LogP contribution in [0.25, 0.3) is 0 Å². The average molecular weight is 295 g/mol. The molecule has 21 heavy (non-hydrogen) atoms. The lowest BCUT2D eigenvalue weighted by Crippen LogP contribution is -2.36. The summed E-state index contributed by atoms with van der Waals surface area (Å²) in [4.78, 5) is 13.8. The SMILES string of the molecule is CC(C)(C)OC(=O)N1CCCC1c1ccc(N)c(N)c1F. The number of hydrogen-bond donors (Lipinski definition) is 2. The quantitative estimate of drug-likeness (QED) is 0.780. The summed E-state index contributed by atoms with van der Waals surface area (Å²) in [5.74, 6) is -0.546. The van der Waals surface area contributed by atoms with Crippen LogP contribution in [-0.2, 0) is 4.74 Å². The molecule has 5 nitrogen and oxygen atoms in total. The minimum atomic E-state index is -0.580. The van der Waals surface area contributed by atoms with Gasteiger partial charge in [-0.05, 0) is 39.7 Å². The maximum atomic E-state index is 14.3. The number of likely N-dealkylation sites (tertiary alicyclic amines) is 1. The molecule has 0 saturated carbocycles. The monoisotopic (exact) mass is 295 g/mol. The molecule has 1 aliphatic heterocycles.